The average Bonchev–Trinajstić information content (AvgIpc) is 2.93. The molecule has 2 rings (SSSR count). The van der Waals surface area contributed by atoms with Gasteiger partial charge < -0.3 is 0 Å². The van der Waals surface area contributed by atoms with Crippen molar-refractivity contribution in [3.05, 3.63) is 0 Å². The first-order valence-electron chi connectivity index (χ1n) is 11.9. The molecule has 0 spiro atoms. The van der Waals surface area contributed by atoms with E-state index in [4.69, 9.17) is 0 Å². The van der Waals surface area contributed by atoms with Crippen LogP contribution in [0.5, 0.6) is 0 Å². The minimum absolute atomic E-state index is 0.500. The third kappa shape index (κ3) is 19.1. The van der Waals surface area contributed by atoms with Gasteiger partial charge in [-0.05, 0) is 65.6 Å². The van der Waals surface area contributed by atoms with Crippen molar-refractivity contribution >= 4 is 0 Å². The zero-order chi connectivity index (χ0) is 21.5. The summed E-state index contributed by atoms with van der Waals surface area (Å²) in [6, 6.07) is 0. The van der Waals surface area contributed by atoms with Crippen molar-refractivity contribution in [2.24, 2.45) is 39.9 Å². The minimum atomic E-state index is 0.500. The van der Waals surface area contributed by atoms with Crippen LogP contribution in [0.15, 0.2) is 0 Å². The summed E-state index contributed by atoms with van der Waals surface area (Å²) >= 11 is 0. The predicted molar refractivity (Wildman–Crippen MR) is 126 cm³/mol. The summed E-state index contributed by atoms with van der Waals surface area (Å²) < 4.78 is 0. The van der Waals surface area contributed by atoms with Crippen molar-refractivity contribution in [2.75, 3.05) is 0 Å². The average molecular weight is 381 g/mol. The summed E-state index contributed by atoms with van der Waals surface area (Å²) in [4.78, 5) is 0. The quantitative estimate of drug-likeness (QED) is 0.447. The Kier molecular flexibility index (Phi) is 11.3. The fraction of sp³-hybridized carbons (Fsp3) is 1.00. The summed E-state index contributed by atoms with van der Waals surface area (Å²) in [5.74, 6) is 4.07. The third-order valence-electron chi connectivity index (χ3n) is 5.41. The van der Waals surface area contributed by atoms with E-state index in [1.54, 1.807) is 0 Å². The van der Waals surface area contributed by atoms with E-state index >= 15 is 0 Å². The molecule has 0 aromatic rings. The van der Waals surface area contributed by atoms with Gasteiger partial charge in [0.2, 0.25) is 0 Å². The van der Waals surface area contributed by atoms with Crippen LogP contribution in [-0.2, 0) is 0 Å². The molecule has 0 aliphatic heterocycles. The van der Waals surface area contributed by atoms with Crippen molar-refractivity contribution in [3.8, 4) is 0 Å². The second kappa shape index (κ2) is 11.3. The Morgan fingerprint density at radius 2 is 0.778 bits per heavy atom. The van der Waals surface area contributed by atoms with Gasteiger partial charge in [0, 0.05) is 0 Å². The van der Waals surface area contributed by atoms with E-state index in [0.717, 1.165) is 23.7 Å². The lowest BCUT2D eigenvalue weighted by atomic mass is 9.84. The van der Waals surface area contributed by atoms with E-state index in [2.05, 4.69) is 83.1 Å². The SMILES string of the molecule is CC(C)(C)C.CC1CCC(CC(C)(C)C)C1.CC1CCC(CC(C)(C)C)C1. The van der Waals surface area contributed by atoms with Crippen LogP contribution in [0.2, 0.25) is 0 Å². The highest BCUT2D eigenvalue weighted by Gasteiger charge is 2.26. The van der Waals surface area contributed by atoms with E-state index < -0.39 is 0 Å². The lowest BCUT2D eigenvalue weighted by Gasteiger charge is -2.22. The van der Waals surface area contributed by atoms with Crippen molar-refractivity contribution < 1.29 is 0 Å². The summed E-state index contributed by atoms with van der Waals surface area (Å²) in [6.45, 7) is 27.7. The van der Waals surface area contributed by atoms with Crippen LogP contribution in [0.1, 0.15) is 134 Å². The molecular weight excluding hydrogens is 324 g/mol. The molecule has 0 heterocycles. The molecule has 0 saturated heterocycles. The maximum atomic E-state index is 2.39. The molecule has 2 aliphatic carbocycles. The fourth-order valence-electron chi connectivity index (χ4n) is 4.75. The molecule has 0 aromatic heterocycles. The fourth-order valence-corrected chi connectivity index (χ4v) is 4.75. The highest BCUT2D eigenvalue weighted by atomic mass is 14.3. The molecule has 2 saturated carbocycles. The first-order valence-corrected chi connectivity index (χ1v) is 11.9. The molecule has 164 valence electrons. The van der Waals surface area contributed by atoms with Crippen molar-refractivity contribution in [1.82, 2.24) is 0 Å². The monoisotopic (exact) mass is 380 g/mol. The molecule has 2 aliphatic rings. The maximum Gasteiger partial charge on any atom is -0.0380 e. The van der Waals surface area contributed by atoms with Gasteiger partial charge in [-0.3, -0.25) is 0 Å². The standard InChI is InChI=1S/2C11H22.C5H12/c2*1-9-5-6-10(7-9)8-11(2,3)4;1-5(2,3)4/h2*9-10H,5-8H2,1-4H3;1-4H3. The Bertz CT molecular complexity index is 332. The van der Waals surface area contributed by atoms with Crippen molar-refractivity contribution in [3.63, 3.8) is 0 Å². The number of hydrogen-bond acceptors (Lipinski definition) is 0. The zero-order valence-corrected chi connectivity index (χ0v) is 21.5. The summed E-state index contributed by atoms with van der Waals surface area (Å²) in [5, 5.41) is 0. The van der Waals surface area contributed by atoms with E-state index in [1.165, 1.54) is 51.4 Å². The van der Waals surface area contributed by atoms with E-state index in [0.29, 0.717) is 16.2 Å². The zero-order valence-electron chi connectivity index (χ0n) is 21.5. The van der Waals surface area contributed by atoms with E-state index in [9.17, 15) is 0 Å². The van der Waals surface area contributed by atoms with E-state index in [-0.39, 0.29) is 0 Å². The molecule has 0 radical (unpaired) electrons. The molecule has 4 unspecified atom stereocenters. The molecule has 0 amide bonds. The first-order chi connectivity index (χ1) is 11.9. The highest BCUT2D eigenvalue weighted by molar-refractivity contribution is 4.78. The van der Waals surface area contributed by atoms with E-state index in [1.807, 2.05) is 0 Å². The predicted octanol–water partition coefficient (Wildman–Crippen LogP) is 9.77. The van der Waals surface area contributed by atoms with Gasteiger partial charge in [-0.2, -0.15) is 0 Å². The molecule has 0 N–H and O–H groups in total. The van der Waals surface area contributed by atoms with Crippen LogP contribution >= 0.6 is 0 Å². The van der Waals surface area contributed by atoms with Gasteiger partial charge in [0.05, 0.1) is 0 Å². The second-order valence-electron chi connectivity index (χ2n) is 14.1. The van der Waals surface area contributed by atoms with Crippen LogP contribution in [0.3, 0.4) is 0 Å². The molecule has 0 nitrogen and oxygen atoms in total. The smallest absolute Gasteiger partial charge is 0.0380 e. The highest BCUT2D eigenvalue weighted by Crippen LogP contribution is 2.38. The largest absolute Gasteiger partial charge is 0.0625 e. The van der Waals surface area contributed by atoms with Crippen LogP contribution < -0.4 is 0 Å². The van der Waals surface area contributed by atoms with Gasteiger partial charge >= 0.3 is 0 Å². The van der Waals surface area contributed by atoms with Gasteiger partial charge in [0.15, 0.2) is 0 Å². The Hall–Kier alpha value is 0. The molecule has 0 heteroatoms. The summed E-state index contributed by atoms with van der Waals surface area (Å²) in [6.07, 6.45) is 11.7. The van der Waals surface area contributed by atoms with Crippen LogP contribution in [0, 0.1) is 39.9 Å². The topological polar surface area (TPSA) is 0 Å². The van der Waals surface area contributed by atoms with Crippen LogP contribution in [0.4, 0.5) is 0 Å². The van der Waals surface area contributed by atoms with Gasteiger partial charge in [-0.15, -0.1) is 0 Å². The summed E-state index contributed by atoms with van der Waals surface area (Å²) in [7, 11) is 0. The maximum absolute atomic E-state index is 2.39. The Balaban J connectivity index is 0.000000405. The number of rotatable bonds is 2. The lowest BCUT2D eigenvalue weighted by molar-refractivity contribution is 0.292. The van der Waals surface area contributed by atoms with Gasteiger partial charge in [0.1, 0.15) is 0 Å². The van der Waals surface area contributed by atoms with Gasteiger partial charge in [0.25, 0.3) is 0 Å². The summed E-state index contributed by atoms with van der Waals surface area (Å²) in [5.41, 5.74) is 1.60. The third-order valence-corrected chi connectivity index (χ3v) is 5.41. The molecule has 4 atom stereocenters. The van der Waals surface area contributed by atoms with Crippen molar-refractivity contribution in [2.45, 2.75) is 134 Å². The van der Waals surface area contributed by atoms with Crippen LogP contribution in [-0.4, -0.2) is 0 Å². The van der Waals surface area contributed by atoms with Gasteiger partial charge in [-0.1, -0.05) is 109 Å². The lowest BCUT2D eigenvalue weighted by Crippen LogP contribution is -2.10. The van der Waals surface area contributed by atoms with Crippen LogP contribution in [0.25, 0.3) is 0 Å². The Morgan fingerprint density at radius 3 is 0.926 bits per heavy atom. The Morgan fingerprint density at radius 1 is 0.519 bits per heavy atom. The molecule has 2 fully saturated rings. The molecule has 0 aromatic carbocycles. The van der Waals surface area contributed by atoms with Crippen molar-refractivity contribution in [1.29, 1.82) is 0 Å². The van der Waals surface area contributed by atoms with Gasteiger partial charge in [-0.25, -0.2) is 0 Å². The first kappa shape index (κ1) is 27.0. The minimum Gasteiger partial charge on any atom is -0.0625 e. The molecular formula is C27H56. The normalized spacial score (nSPS) is 28.9. The second-order valence-corrected chi connectivity index (χ2v) is 14.1. The number of hydrogen-bond donors (Lipinski definition) is 0. The molecule has 27 heavy (non-hydrogen) atoms. The molecule has 0 bridgehead atoms. The Labute approximate surface area is 174 Å².